The summed E-state index contributed by atoms with van der Waals surface area (Å²) in [4.78, 5) is 2.48. The van der Waals surface area contributed by atoms with E-state index in [-0.39, 0.29) is 0 Å². The Bertz CT molecular complexity index is 575. The minimum absolute atomic E-state index is 0.449. The zero-order valence-corrected chi connectivity index (χ0v) is 10.1. The van der Waals surface area contributed by atoms with Crippen LogP contribution in [0.4, 0.5) is 5.69 Å². The molecule has 0 bridgehead atoms. The molecule has 84 valence electrons. The lowest BCUT2D eigenvalue weighted by molar-refractivity contribution is 0.627. The zero-order valence-electron chi connectivity index (χ0n) is 9.27. The third-order valence-electron chi connectivity index (χ3n) is 2.67. The van der Waals surface area contributed by atoms with Crippen molar-refractivity contribution in [2.45, 2.75) is 6.42 Å². The van der Waals surface area contributed by atoms with E-state index in [1.165, 1.54) is 0 Å². The third kappa shape index (κ3) is 2.02. The average Bonchev–Trinajstić information content (AvgIpc) is 2.27. The quantitative estimate of drug-likeness (QED) is 0.690. The number of hydrogen-bond donors (Lipinski definition) is 0. The maximum absolute atomic E-state index is 10.8. The summed E-state index contributed by atoms with van der Waals surface area (Å²) >= 11 is 0. The summed E-state index contributed by atoms with van der Waals surface area (Å²) < 4.78 is 21.7. The first-order valence-electron chi connectivity index (χ1n) is 5.01. The van der Waals surface area contributed by atoms with Crippen LogP contribution in [0.15, 0.2) is 24.3 Å². The Hall–Kier alpha value is -1.55. The van der Waals surface area contributed by atoms with Crippen LogP contribution in [-0.2, 0) is 16.7 Å². The Morgan fingerprint density at radius 1 is 1.19 bits per heavy atom. The molecule has 0 N–H and O–H groups in total. The van der Waals surface area contributed by atoms with E-state index in [0.29, 0.717) is 11.3 Å². The molecule has 0 saturated carbocycles. The Morgan fingerprint density at radius 2 is 1.94 bits per heavy atom. The van der Waals surface area contributed by atoms with Crippen LogP contribution in [0, 0.1) is 0 Å². The molecule has 0 unspecified atom stereocenters. The van der Waals surface area contributed by atoms with Crippen molar-refractivity contribution in [3.8, 4) is 0 Å². The molecule has 0 amide bonds. The second-order valence-corrected chi connectivity index (χ2v) is 4.98. The van der Waals surface area contributed by atoms with E-state index in [2.05, 4.69) is 6.07 Å². The smallest absolute Gasteiger partial charge is 0.217 e. The first-order chi connectivity index (χ1) is 7.58. The van der Waals surface area contributed by atoms with Crippen molar-refractivity contribution in [2.24, 2.45) is 0 Å². The summed E-state index contributed by atoms with van der Waals surface area (Å²) in [7, 11) is 1.87. The molecule has 0 heterocycles. The van der Waals surface area contributed by atoms with Gasteiger partial charge >= 0.3 is 0 Å². The Morgan fingerprint density at radius 3 is 2.56 bits per heavy atom. The number of benzene rings is 1. The molecule has 4 heteroatoms. The lowest BCUT2D eigenvalue weighted by Gasteiger charge is -2.16. The predicted molar refractivity (Wildman–Crippen MR) is 67.4 cm³/mol. The monoisotopic (exact) mass is 235 g/mol. The van der Waals surface area contributed by atoms with Gasteiger partial charge in [-0.2, -0.15) is 8.42 Å². The fraction of sp³-hybridized carbons (Fsp3) is 0.250. The lowest BCUT2D eigenvalue weighted by atomic mass is 9.97. The number of rotatable bonds is 1. The van der Waals surface area contributed by atoms with Gasteiger partial charge in [0.2, 0.25) is 10.3 Å². The van der Waals surface area contributed by atoms with Crippen LogP contribution in [0.2, 0.25) is 0 Å². The van der Waals surface area contributed by atoms with Gasteiger partial charge in [0.1, 0.15) is 0 Å². The first kappa shape index (κ1) is 11.0. The van der Waals surface area contributed by atoms with Crippen LogP contribution in [0.1, 0.15) is 11.1 Å². The number of allylic oxidation sites excluding steroid dienone is 1. The van der Waals surface area contributed by atoms with E-state index in [1.807, 2.05) is 37.2 Å². The maximum Gasteiger partial charge on any atom is 0.217 e. The summed E-state index contributed by atoms with van der Waals surface area (Å²) in [5.41, 5.74) is 3.28. The highest BCUT2D eigenvalue weighted by molar-refractivity contribution is 7.73. The minimum atomic E-state index is -2.10. The molecule has 0 aromatic heterocycles. The van der Waals surface area contributed by atoms with Crippen molar-refractivity contribution in [3.05, 3.63) is 35.4 Å². The van der Waals surface area contributed by atoms with Gasteiger partial charge in [-0.1, -0.05) is 12.1 Å². The molecule has 0 saturated heterocycles. The fourth-order valence-corrected chi connectivity index (χ4v) is 2.17. The van der Waals surface area contributed by atoms with Crippen molar-refractivity contribution in [1.82, 2.24) is 0 Å². The van der Waals surface area contributed by atoms with Gasteiger partial charge < -0.3 is 4.90 Å². The molecule has 0 radical (unpaired) electrons. The zero-order chi connectivity index (χ0) is 11.7. The van der Waals surface area contributed by atoms with Gasteiger partial charge in [0.05, 0.1) is 4.86 Å². The van der Waals surface area contributed by atoms with Gasteiger partial charge in [0.25, 0.3) is 0 Å². The molecule has 0 spiro atoms. The molecule has 0 fully saturated rings. The Labute approximate surface area is 96.5 Å². The van der Waals surface area contributed by atoms with E-state index in [1.54, 1.807) is 6.08 Å². The van der Waals surface area contributed by atoms with Crippen LogP contribution in [0.3, 0.4) is 0 Å². The normalized spacial score (nSPS) is 13.5. The highest BCUT2D eigenvalue weighted by Crippen LogP contribution is 2.22. The SMILES string of the molecule is CN(C)c1ccc2c(c1)C=CC(=S(=O)=O)C2. The molecule has 1 aliphatic carbocycles. The second kappa shape index (κ2) is 4.14. The number of nitrogens with zero attached hydrogens (tertiary/aromatic N) is 1. The van der Waals surface area contributed by atoms with Crippen molar-refractivity contribution >= 4 is 26.9 Å². The maximum atomic E-state index is 10.8. The molecular weight excluding hydrogens is 222 g/mol. The van der Waals surface area contributed by atoms with Crippen LogP contribution in [0.25, 0.3) is 6.08 Å². The van der Waals surface area contributed by atoms with E-state index >= 15 is 0 Å². The van der Waals surface area contributed by atoms with Gasteiger partial charge in [0.15, 0.2) is 0 Å². The molecule has 0 atom stereocenters. The minimum Gasteiger partial charge on any atom is -0.378 e. The largest absolute Gasteiger partial charge is 0.378 e. The lowest BCUT2D eigenvalue weighted by Crippen LogP contribution is -2.11. The van der Waals surface area contributed by atoms with Crippen LogP contribution >= 0.6 is 0 Å². The molecule has 3 nitrogen and oxygen atoms in total. The standard InChI is InChI=1S/C12H13NO2S/c1-13(2)11-5-3-10-8-12(16(14)15)6-4-9(10)7-11/h3-7H,8H2,1-2H3. The third-order valence-corrected chi connectivity index (χ3v) is 3.38. The van der Waals surface area contributed by atoms with Gasteiger partial charge in [0, 0.05) is 26.2 Å². The van der Waals surface area contributed by atoms with Crippen LogP contribution < -0.4 is 4.90 Å². The molecule has 1 aromatic carbocycles. The van der Waals surface area contributed by atoms with E-state index < -0.39 is 10.3 Å². The van der Waals surface area contributed by atoms with Crippen molar-refractivity contribution in [3.63, 3.8) is 0 Å². The van der Waals surface area contributed by atoms with Gasteiger partial charge in [-0.15, -0.1) is 0 Å². The Balaban J connectivity index is 2.48. The van der Waals surface area contributed by atoms with Gasteiger partial charge in [-0.05, 0) is 29.3 Å². The molecule has 0 aliphatic heterocycles. The fourth-order valence-electron chi connectivity index (χ4n) is 1.72. The number of fused-ring (bicyclic) bond motifs is 1. The topological polar surface area (TPSA) is 37.4 Å². The summed E-state index contributed by atoms with van der Waals surface area (Å²) in [5, 5.41) is 0. The molecule has 16 heavy (non-hydrogen) atoms. The first-order valence-corrected chi connectivity index (χ1v) is 6.09. The van der Waals surface area contributed by atoms with E-state index in [9.17, 15) is 8.42 Å². The van der Waals surface area contributed by atoms with E-state index in [4.69, 9.17) is 0 Å². The highest BCUT2D eigenvalue weighted by atomic mass is 32.2. The molecular formula is C12H13NO2S. The summed E-state index contributed by atoms with van der Waals surface area (Å²) in [6, 6.07) is 6.06. The summed E-state index contributed by atoms with van der Waals surface area (Å²) in [6.07, 6.45) is 4.03. The average molecular weight is 235 g/mol. The van der Waals surface area contributed by atoms with Crippen molar-refractivity contribution < 1.29 is 8.42 Å². The second-order valence-electron chi connectivity index (χ2n) is 3.99. The van der Waals surface area contributed by atoms with Gasteiger partial charge in [-0.25, -0.2) is 0 Å². The molecule has 1 aromatic rings. The van der Waals surface area contributed by atoms with Crippen molar-refractivity contribution in [1.29, 1.82) is 0 Å². The summed E-state index contributed by atoms with van der Waals surface area (Å²) in [6.45, 7) is 0. The highest BCUT2D eigenvalue weighted by Gasteiger charge is 2.10. The van der Waals surface area contributed by atoms with Gasteiger partial charge in [-0.3, -0.25) is 0 Å². The van der Waals surface area contributed by atoms with Crippen molar-refractivity contribution in [2.75, 3.05) is 19.0 Å². The predicted octanol–water partition coefficient (Wildman–Crippen LogP) is 1.37. The number of anilines is 1. The van der Waals surface area contributed by atoms with E-state index in [0.717, 1.165) is 16.8 Å². The number of hydrogen-bond acceptors (Lipinski definition) is 3. The molecule has 1 aliphatic rings. The Kier molecular flexibility index (Phi) is 2.83. The molecule has 2 rings (SSSR count). The van der Waals surface area contributed by atoms with Crippen LogP contribution in [-0.4, -0.2) is 27.4 Å². The van der Waals surface area contributed by atoms with Crippen LogP contribution in [0.5, 0.6) is 0 Å². The summed E-state index contributed by atoms with van der Waals surface area (Å²) in [5.74, 6) is 0.